The Labute approximate surface area is 106 Å². The van der Waals surface area contributed by atoms with Crippen molar-refractivity contribution in [2.45, 2.75) is 0 Å². The van der Waals surface area contributed by atoms with Gasteiger partial charge in [0.2, 0.25) is 5.91 Å². The molecule has 5 heteroatoms. The first kappa shape index (κ1) is 13.6. The molecule has 0 saturated carbocycles. The van der Waals surface area contributed by atoms with E-state index in [2.05, 4.69) is 0 Å². The van der Waals surface area contributed by atoms with Gasteiger partial charge < -0.3 is 14.4 Å². The second-order valence-electron chi connectivity index (χ2n) is 3.45. The van der Waals surface area contributed by atoms with Gasteiger partial charge in [-0.1, -0.05) is 12.1 Å². The third kappa shape index (κ3) is 4.15. The number of likely N-dealkylation sites (N-methyl/N-ethyl adjacent to an activating group) is 1. The zero-order valence-corrected chi connectivity index (χ0v) is 10.7. The summed E-state index contributed by atoms with van der Waals surface area (Å²) >= 11 is 5.44. The number of halogens is 1. The van der Waals surface area contributed by atoms with Gasteiger partial charge in [0.1, 0.15) is 12.5 Å². The number of carbonyl (C=O) groups is 1. The Hall–Kier alpha value is -1.42. The average Bonchev–Trinajstić information content (AvgIpc) is 2.38. The average molecular weight is 258 g/mol. The molecule has 4 nitrogen and oxygen atoms in total. The molecule has 0 saturated heterocycles. The zero-order valence-electron chi connectivity index (χ0n) is 9.98. The van der Waals surface area contributed by atoms with Crippen molar-refractivity contribution in [1.29, 1.82) is 0 Å². The van der Waals surface area contributed by atoms with Crippen LogP contribution in [0.25, 0.3) is 0 Å². The standard InChI is InChI=1S/C12H16ClNO3/c1-14(12(15)9-13)7-8-17-11-6-4-3-5-10(11)16-2/h3-6H,7-9H2,1-2H3. The summed E-state index contributed by atoms with van der Waals surface area (Å²) in [5, 5.41) is 0. The lowest BCUT2D eigenvalue weighted by atomic mass is 10.3. The lowest BCUT2D eigenvalue weighted by Gasteiger charge is -2.16. The van der Waals surface area contributed by atoms with E-state index in [1.165, 1.54) is 4.90 Å². The summed E-state index contributed by atoms with van der Waals surface area (Å²) in [6, 6.07) is 7.38. The van der Waals surface area contributed by atoms with Gasteiger partial charge in [0.05, 0.1) is 13.7 Å². The molecule has 0 fully saturated rings. The molecule has 0 aromatic heterocycles. The molecule has 0 heterocycles. The molecule has 0 bridgehead atoms. The van der Waals surface area contributed by atoms with Crippen molar-refractivity contribution in [3.05, 3.63) is 24.3 Å². The first-order valence-electron chi connectivity index (χ1n) is 5.24. The smallest absolute Gasteiger partial charge is 0.237 e. The minimum atomic E-state index is -0.115. The zero-order chi connectivity index (χ0) is 12.7. The van der Waals surface area contributed by atoms with Gasteiger partial charge in [-0.2, -0.15) is 0 Å². The van der Waals surface area contributed by atoms with Crippen molar-refractivity contribution < 1.29 is 14.3 Å². The second-order valence-corrected chi connectivity index (χ2v) is 3.72. The molecule has 0 radical (unpaired) electrons. The van der Waals surface area contributed by atoms with Gasteiger partial charge in [-0.05, 0) is 12.1 Å². The molecular weight excluding hydrogens is 242 g/mol. The van der Waals surface area contributed by atoms with E-state index in [-0.39, 0.29) is 11.8 Å². The normalized spacial score (nSPS) is 9.82. The number of alkyl halides is 1. The van der Waals surface area contributed by atoms with E-state index < -0.39 is 0 Å². The third-order valence-corrected chi connectivity index (χ3v) is 2.52. The van der Waals surface area contributed by atoms with Gasteiger partial charge in [-0.15, -0.1) is 11.6 Å². The molecule has 1 aromatic carbocycles. The predicted molar refractivity (Wildman–Crippen MR) is 66.8 cm³/mol. The minimum Gasteiger partial charge on any atom is -0.493 e. The Morgan fingerprint density at radius 1 is 1.35 bits per heavy atom. The number of benzene rings is 1. The molecule has 0 aliphatic rings. The van der Waals surface area contributed by atoms with Gasteiger partial charge in [0, 0.05) is 7.05 Å². The Morgan fingerprint density at radius 3 is 2.59 bits per heavy atom. The Morgan fingerprint density at radius 2 is 2.00 bits per heavy atom. The van der Waals surface area contributed by atoms with Crippen LogP contribution in [0.3, 0.4) is 0 Å². The van der Waals surface area contributed by atoms with Crippen LogP contribution >= 0.6 is 11.6 Å². The monoisotopic (exact) mass is 257 g/mol. The van der Waals surface area contributed by atoms with E-state index in [1.807, 2.05) is 24.3 Å². The number of carbonyl (C=O) groups excluding carboxylic acids is 1. The van der Waals surface area contributed by atoms with Crippen molar-refractivity contribution in [2.75, 3.05) is 33.2 Å². The summed E-state index contributed by atoms with van der Waals surface area (Å²) < 4.78 is 10.7. The highest BCUT2D eigenvalue weighted by atomic mass is 35.5. The van der Waals surface area contributed by atoms with Crippen LogP contribution in [0.15, 0.2) is 24.3 Å². The van der Waals surface area contributed by atoms with Gasteiger partial charge >= 0.3 is 0 Å². The molecule has 1 rings (SSSR count). The molecule has 0 atom stereocenters. The summed E-state index contributed by atoms with van der Waals surface area (Å²) in [4.78, 5) is 12.7. The van der Waals surface area contributed by atoms with Gasteiger partial charge in [0.15, 0.2) is 11.5 Å². The van der Waals surface area contributed by atoms with Crippen molar-refractivity contribution in [3.8, 4) is 11.5 Å². The Bertz CT molecular complexity index is 371. The van der Waals surface area contributed by atoms with Crippen LogP contribution in [0.2, 0.25) is 0 Å². The highest BCUT2D eigenvalue weighted by molar-refractivity contribution is 6.27. The lowest BCUT2D eigenvalue weighted by molar-refractivity contribution is -0.127. The lowest BCUT2D eigenvalue weighted by Crippen LogP contribution is -2.31. The van der Waals surface area contributed by atoms with E-state index in [4.69, 9.17) is 21.1 Å². The summed E-state index contributed by atoms with van der Waals surface area (Å²) in [6.45, 7) is 0.892. The third-order valence-electron chi connectivity index (χ3n) is 2.29. The molecule has 94 valence electrons. The highest BCUT2D eigenvalue weighted by Gasteiger charge is 2.07. The van der Waals surface area contributed by atoms with Crippen LogP contribution in [-0.2, 0) is 4.79 Å². The molecule has 0 N–H and O–H groups in total. The Kier molecular flexibility index (Phi) is 5.63. The maximum absolute atomic E-state index is 11.2. The van der Waals surface area contributed by atoms with Crippen molar-refractivity contribution in [1.82, 2.24) is 4.90 Å². The molecule has 0 spiro atoms. The first-order valence-corrected chi connectivity index (χ1v) is 5.78. The van der Waals surface area contributed by atoms with Crippen LogP contribution < -0.4 is 9.47 Å². The SMILES string of the molecule is COc1ccccc1OCCN(C)C(=O)CCl. The number of hydrogen-bond acceptors (Lipinski definition) is 3. The largest absolute Gasteiger partial charge is 0.493 e. The fourth-order valence-electron chi connectivity index (χ4n) is 1.26. The van der Waals surface area contributed by atoms with Gasteiger partial charge in [0.25, 0.3) is 0 Å². The molecular formula is C12H16ClNO3. The molecule has 17 heavy (non-hydrogen) atoms. The summed E-state index contributed by atoms with van der Waals surface area (Å²) in [5.74, 6) is 1.22. The molecule has 0 aliphatic heterocycles. The van der Waals surface area contributed by atoms with Gasteiger partial charge in [-0.3, -0.25) is 4.79 Å². The Balaban J connectivity index is 2.43. The summed E-state index contributed by atoms with van der Waals surface area (Å²) in [5.41, 5.74) is 0. The van der Waals surface area contributed by atoms with Crippen molar-refractivity contribution in [2.24, 2.45) is 0 Å². The number of para-hydroxylation sites is 2. The maximum Gasteiger partial charge on any atom is 0.237 e. The van der Waals surface area contributed by atoms with Crippen LogP contribution in [0, 0.1) is 0 Å². The van der Waals surface area contributed by atoms with E-state index >= 15 is 0 Å². The molecule has 0 unspecified atom stereocenters. The van der Waals surface area contributed by atoms with Crippen LogP contribution in [0.5, 0.6) is 11.5 Å². The second kappa shape index (κ2) is 7.01. The number of nitrogens with zero attached hydrogens (tertiary/aromatic N) is 1. The summed E-state index contributed by atoms with van der Waals surface area (Å²) in [6.07, 6.45) is 0. The first-order chi connectivity index (χ1) is 8.19. The number of amides is 1. The highest BCUT2D eigenvalue weighted by Crippen LogP contribution is 2.25. The topological polar surface area (TPSA) is 38.8 Å². The van der Waals surface area contributed by atoms with E-state index in [1.54, 1.807) is 14.2 Å². The van der Waals surface area contributed by atoms with Crippen LogP contribution in [-0.4, -0.2) is 44.0 Å². The predicted octanol–water partition coefficient (Wildman–Crippen LogP) is 1.77. The van der Waals surface area contributed by atoms with Crippen LogP contribution in [0.4, 0.5) is 0 Å². The molecule has 1 amide bonds. The number of ether oxygens (including phenoxy) is 2. The maximum atomic E-state index is 11.2. The summed E-state index contributed by atoms with van der Waals surface area (Å²) in [7, 11) is 3.28. The van der Waals surface area contributed by atoms with E-state index in [0.717, 1.165) is 0 Å². The number of methoxy groups -OCH3 is 1. The quantitative estimate of drug-likeness (QED) is 0.729. The van der Waals surface area contributed by atoms with E-state index in [9.17, 15) is 4.79 Å². The minimum absolute atomic E-state index is 0.00877. The van der Waals surface area contributed by atoms with Gasteiger partial charge in [-0.25, -0.2) is 0 Å². The van der Waals surface area contributed by atoms with Crippen molar-refractivity contribution >= 4 is 17.5 Å². The fourth-order valence-corrected chi connectivity index (χ4v) is 1.46. The van der Waals surface area contributed by atoms with E-state index in [0.29, 0.717) is 24.7 Å². The number of hydrogen-bond donors (Lipinski definition) is 0. The molecule has 1 aromatic rings. The van der Waals surface area contributed by atoms with Crippen LogP contribution in [0.1, 0.15) is 0 Å². The number of rotatable bonds is 6. The fraction of sp³-hybridized carbons (Fsp3) is 0.417. The molecule has 0 aliphatic carbocycles. The van der Waals surface area contributed by atoms with Crippen molar-refractivity contribution in [3.63, 3.8) is 0 Å².